The summed E-state index contributed by atoms with van der Waals surface area (Å²) in [5.41, 5.74) is 0. The molecule has 0 radical (unpaired) electrons. The molecule has 0 aliphatic rings. The van der Waals surface area contributed by atoms with E-state index >= 15 is 0 Å². The van der Waals surface area contributed by atoms with Gasteiger partial charge in [-0.1, -0.05) is 59.8 Å². The van der Waals surface area contributed by atoms with Crippen molar-refractivity contribution in [3.05, 3.63) is 0 Å². The second kappa shape index (κ2) is 10.6. The molecule has 0 aromatic heterocycles. The first-order valence-electron chi connectivity index (χ1n) is 9.89. The lowest BCUT2D eigenvalue weighted by atomic mass is 10.0. The standard InChI is InChI=1S/C20H46N2/c1-9-12-14-16-19(4)18-21(5,6)22(7,8)20(15-11-3)17-13-10-2/h19-20H,9-18H2,1-8H3/q+2. The number of hydrogen-bond donors (Lipinski definition) is 0. The fourth-order valence-corrected chi connectivity index (χ4v) is 3.80. The summed E-state index contributed by atoms with van der Waals surface area (Å²) in [5, 5.41) is 0. The van der Waals surface area contributed by atoms with Crippen molar-refractivity contribution in [1.82, 2.24) is 0 Å². The molecule has 0 rings (SSSR count). The van der Waals surface area contributed by atoms with Crippen molar-refractivity contribution in [3.8, 4) is 0 Å². The summed E-state index contributed by atoms with van der Waals surface area (Å²) >= 11 is 0. The Bertz CT molecular complexity index is 271. The molecule has 2 atom stereocenters. The van der Waals surface area contributed by atoms with Gasteiger partial charge in [0.1, 0.15) is 40.8 Å². The van der Waals surface area contributed by atoms with Gasteiger partial charge >= 0.3 is 0 Å². The SMILES string of the molecule is CCCCCC(C)C[N+](C)(C)[N+](C)(C)C(CCC)CCCC. The summed E-state index contributed by atoms with van der Waals surface area (Å²) < 4.78 is 2.24. The van der Waals surface area contributed by atoms with Gasteiger partial charge in [0.2, 0.25) is 0 Å². The third kappa shape index (κ3) is 7.00. The van der Waals surface area contributed by atoms with Crippen LogP contribution in [0.4, 0.5) is 0 Å². The summed E-state index contributed by atoms with van der Waals surface area (Å²) in [6.45, 7) is 10.7. The molecule has 0 bridgehead atoms. The number of unbranched alkanes of at least 4 members (excludes halogenated alkanes) is 3. The van der Waals surface area contributed by atoms with Gasteiger partial charge in [0.15, 0.2) is 0 Å². The first-order valence-corrected chi connectivity index (χ1v) is 9.89. The smallest absolute Gasteiger partial charge is 0.132 e. The van der Waals surface area contributed by atoms with Crippen LogP contribution in [0, 0.1) is 5.92 Å². The Kier molecular flexibility index (Phi) is 10.6. The van der Waals surface area contributed by atoms with Crippen molar-refractivity contribution in [1.29, 1.82) is 0 Å². The van der Waals surface area contributed by atoms with E-state index in [1.54, 1.807) is 0 Å². The normalized spacial score (nSPS) is 15.8. The number of nitrogens with zero attached hydrogens (tertiary/aromatic N) is 2. The van der Waals surface area contributed by atoms with Gasteiger partial charge in [-0.25, -0.2) is 0 Å². The van der Waals surface area contributed by atoms with E-state index in [0.717, 1.165) is 21.1 Å². The Morgan fingerprint density at radius 1 is 0.682 bits per heavy atom. The van der Waals surface area contributed by atoms with Gasteiger partial charge < -0.3 is 0 Å². The van der Waals surface area contributed by atoms with Crippen LogP contribution in [0.5, 0.6) is 0 Å². The average Bonchev–Trinajstić information content (AvgIpc) is 2.42. The van der Waals surface area contributed by atoms with E-state index in [-0.39, 0.29) is 0 Å². The highest BCUT2D eigenvalue weighted by Gasteiger charge is 2.42. The lowest BCUT2D eigenvalue weighted by Gasteiger charge is -2.50. The molecular formula is C20H46N2+2. The minimum atomic E-state index is 0.794. The van der Waals surface area contributed by atoms with Crippen LogP contribution >= 0.6 is 0 Å². The maximum atomic E-state index is 2.47. The predicted octanol–water partition coefficient (Wildman–Crippen LogP) is 5.63. The van der Waals surface area contributed by atoms with Crippen LogP contribution in [0.3, 0.4) is 0 Å². The zero-order valence-electron chi connectivity index (χ0n) is 17.1. The van der Waals surface area contributed by atoms with Crippen LogP contribution in [0.1, 0.15) is 85.5 Å². The molecule has 2 heteroatoms. The number of hydrogen-bond acceptors (Lipinski definition) is 0. The van der Waals surface area contributed by atoms with E-state index < -0.39 is 0 Å². The third-order valence-corrected chi connectivity index (χ3v) is 5.86. The zero-order chi connectivity index (χ0) is 17.2. The number of rotatable bonds is 13. The Balaban J connectivity index is 4.78. The second-order valence-corrected chi connectivity index (χ2v) is 8.47. The molecule has 0 aliphatic heterocycles. The maximum Gasteiger partial charge on any atom is 0.132 e. The molecule has 0 spiro atoms. The fourth-order valence-electron chi connectivity index (χ4n) is 3.80. The topological polar surface area (TPSA) is 0 Å². The Morgan fingerprint density at radius 3 is 1.77 bits per heavy atom. The van der Waals surface area contributed by atoms with Gasteiger partial charge in [-0.3, -0.25) is 0 Å². The van der Waals surface area contributed by atoms with E-state index in [2.05, 4.69) is 55.9 Å². The zero-order valence-corrected chi connectivity index (χ0v) is 17.1. The van der Waals surface area contributed by atoms with Crippen molar-refractivity contribution in [2.24, 2.45) is 5.92 Å². The molecule has 2 unspecified atom stereocenters. The molecule has 0 heterocycles. The molecule has 134 valence electrons. The second-order valence-electron chi connectivity index (χ2n) is 8.47. The Hall–Kier alpha value is -0.0800. The summed E-state index contributed by atoms with van der Waals surface area (Å²) in [6.07, 6.45) is 12.3. The summed E-state index contributed by atoms with van der Waals surface area (Å²) in [7, 11) is 9.83. The highest BCUT2D eigenvalue weighted by Crippen LogP contribution is 2.27. The Morgan fingerprint density at radius 2 is 1.27 bits per heavy atom. The van der Waals surface area contributed by atoms with Gasteiger partial charge in [-0.05, 0) is 12.8 Å². The minimum absolute atomic E-state index is 0.794. The van der Waals surface area contributed by atoms with Gasteiger partial charge in [-0.15, -0.1) is 0 Å². The van der Waals surface area contributed by atoms with E-state index in [1.165, 1.54) is 64.3 Å². The molecule has 0 fully saturated rings. The van der Waals surface area contributed by atoms with Gasteiger partial charge in [-0.2, -0.15) is 9.18 Å². The monoisotopic (exact) mass is 314 g/mol. The largest absolute Gasteiger partial charge is 0.175 e. The molecule has 0 aromatic carbocycles. The van der Waals surface area contributed by atoms with Crippen LogP contribution in [-0.4, -0.2) is 50.0 Å². The van der Waals surface area contributed by atoms with Gasteiger partial charge in [0.25, 0.3) is 0 Å². The lowest BCUT2D eigenvalue weighted by molar-refractivity contribution is -1.47. The molecule has 0 aromatic rings. The van der Waals surface area contributed by atoms with Crippen molar-refractivity contribution >= 4 is 0 Å². The predicted molar refractivity (Wildman–Crippen MR) is 101 cm³/mol. The van der Waals surface area contributed by atoms with E-state index in [0.29, 0.717) is 0 Å². The van der Waals surface area contributed by atoms with Crippen molar-refractivity contribution in [2.45, 2.75) is 91.5 Å². The summed E-state index contributed by atoms with van der Waals surface area (Å²) in [5.74, 6) is 0.826. The quantitative estimate of drug-likeness (QED) is 0.235. The van der Waals surface area contributed by atoms with Crippen LogP contribution in [-0.2, 0) is 0 Å². The summed E-state index contributed by atoms with van der Waals surface area (Å²) in [6, 6.07) is 0.794. The van der Waals surface area contributed by atoms with E-state index in [1.807, 2.05) is 0 Å². The molecule has 22 heavy (non-hydrogen) atoms. The molecule has 0 N–H and O–H groups in total. The van der Waals surface area contributed by atoms with Crippen LogP contribution in [0.2, 0.25) is 0 Å². The van der Waals surface area contributed by atoms with Crippen molar-refractivity contribution in [2.75, 3.05) is 34.7 Å². The van der Waals surface area contributed by atoms with E-state index in [9.17, 15) is 0 Å². The molecule has 0 amide bonds. The molecule has 2 nitrogen and oxygen atoms in total. The molecule has 0 aliphatic carbocycles. The maximum absolute atomic E-state index is 2.47. The first kappa shape index (κ1) is 21.9. The number of quaternary nitrogens is 2. The minimum Gasteiger partial charge on any atom is -0.175 e. The van der Waals surface area contributed by atoms with Crippen LogP contribution < -0.4 is 0 Å². The van der Waals surface area contributed by atoms with Gasteiger partial charge in [0, 0.05) is 18.8 Å². The highest BCUT2D eigenvalue weighted by molar-refractivity contribution is 4.57. The highest BCUT2D eigenvalue weighted by atomic mass is 15.8. The molecule has 0 saturated carbocycles. The lowest BCUT2D eigenvalue weighted by Crippen LogP contribution is -2.69. The van der Waals surface area contributed by atoms with Crippen LogP contribution in [0.15, 0.2) is 0 Å². The molecular weight excluding hydrogens is 268 g/mol. The average molecular weight is 315 g/mol. The van der Waals surface area contributed by atoms with E-state index in [4.69, 9.17) is 0 Å². The fraction of sp³-hybridized carbons (Fsp3) is 1.00. The third-order valence-electron chi connectivity index (χ3n) is 5.86. The summed E-state index contributed by atoms with van der Waals surface area (Å²) in [4.78, 5) is 0. The van der Waals surface area contributed by atoms with Crippen molar-refractivity contribution < 1.29 is 9.18 Å². The first-order chi connectivity index (χ1) is 10.2. The molecule has 0 saturated heterocycles. The van der Waals surface area contributed by atoms with Crippen LogP contribution in [0.25, 0.3) is 0 Å². The van der Waals surface area contributed by atoms with Crippen molar-refractivity contribution in [3.63, 3.8) is 0 Å². The Labute approximate surface area is 142 Å². The van der Waals surface area contributed by atoms with Gasteiger partial charge in [0.05, 0.1) is 0 Å².